The number of hydrogen-bond acceptors (Lipinski definition) is 5. The van der Waals surface area contributed by atoms with E-state index in [0.717, 1.165) is 9.83 Å². The zero-order valence-electron chi connectivity index (χ0n) is 10.9. The fourth-order valence-electron chi connectivity index (χ4n) is 1.55. The summed E-state index contributed by atoms with van der Waals surface area (Å²) in [6.07, 6.45) is 1.05. The van der Waals surface area contributed by atoms with E-state index in [1.807, 2.05) is 22.6 Å². The van der Waals surface area contributed by atoms with Crippen LogP contribution in [0.4, 0.5) is 0 Å². The van der Waals surface area contributed by atoms with E-state index in [2.05, 4.69) is 0 Å². The maximum absolute atomic E-state index is 12.1. The molecule has 0 aliphatic heterocycles. The molecule has 0 aliphatic rings. The number of benzene rings is 2. The zero-order chi connectivity index (χ0) is 15.7. The molecule has 0 spiro atoms. The molecule has 0 N–H and O–H groups in total. The van der Waals surface area contributed by atoms with Crippen LogP contribution in [0.5, 0.6) is 5.75 Å². The van der Waals surface area contributed by atoms with E-state index in [4.69, 9.17) is 4.18 Å². The molecule has 0 saturated carbocycles. The Morgan fingerprint density at radius 2 is 1.48 bits per heavy atom. The van der Waals surface area contributed by atoms with Gasteiger partial charge in [0.2, 0.25) is 0 Å². The van der Waals surface area contributed by atoms with Crippen molar-refractivity contribution >= 4 is 42.5 Å². The lowest BCUT2D eigenvalue weighted by Crippen LogP contribution is -2.10. The van der Waals surface area contributed by atoms with Crippen LogP contribution in [-0.2, 0) is 20.0 Å². The molecule has 0 fully saturated rings. The van der Waals surface area contributed by atoms with Gasteiger partial charge in [0, 0.05) is 9.83 Å². The molecule has 21 heavy (non-hydrogen) atoms. The first kappa shape index (κ1) is 16.2. The van der Waals surface area contributed by atoms with Crippen molar-refractivity contribution in [1.29, 1.82) is 0 Å². The second-order valence-corrected chi connectivity index (χ2v) is 9.05. The molecule has 0 bridgehead atoms. The first-order chi connectivity index (χ1) is 9.68. The van der Waals surface area contributed by atoms with Crippen molar-refractivity contribution in [3.8, 4) is 5.75 Å². The van der Waals surface area contributed by atoms with E-state index >= 15 is 0 Å². The van der Waals surface area contributed by atoms with Gasteiger partial charge in [0.05, 0.1) is 4.90 Å². The number of halogens is 1. The predicted octanol–water partition coefficient (Wildman–Crippen LogP) is 2.46. The molecule has 0 saturated heterocycles. The topological polar surface area (TPSA) is 77.5 Å². The SMILES string of the molecule is CS(=O)(=O)c1ccc(S(=O)(=O)Oc2cccc(I)c2)cc1. The number of sulfone groups is 1. The van der Waals surface area contributed by atoms with Crippen LogP contribution in [0, 0.1) is 3.57 Å². The van der Waals surface area contributed by atoms with Crippen LogP contribution >= 0.6 is 22.6 Å². The summed E-state index contributed by atoms with van der Waals surface area (Å²) in [4.78, 5) is -0.0514. The highest BCUT2D eigenvalue weighted by Crippen LogP contribution is 2.21. The van der Waals surface area contributed by atoms with E-state index in [1.165, 1.54) is 30.3 Å². The van der Waals surface area contributed by atoms with E-state index in [-0.39, 0.29) is 15.5 Å². The van der Waals surface area contributed by atoms with E-state index < -0.39 is 20.0 Å². The summed E-state index contributed by atoms with van der Waals surface area (Å²) in [7, 11) is -7.36. The van der Waals surface area contributed by atoms with Crippen molar-refractivity contribution < 1.29 is 21.0 Å². The molecule has 112 valence electrons. The van der Waals surface area contributed by atoms with Gasteiger partial charge in [-0.15, -0.1) is 0 Å². The molecular weight excluding hydrogens is 427 g/mol. The highest BCUT2D eigenvalue weighted by molar-refractivity contribution is 14.1. The molecule has 5 nitrogen and oxygen atoms in total. The van der Waals surface area contributed by atoms with E-state index in [0.29, 0.717) is 0 Å². The van der Waals surface area contributed by atoms with Gasteiger partial charge in [-0.05, 0) is 65.1 Å². The zero-order valence-corrected chi connectivity index (χ0v) is 14.6. The van der Waals surface area contributed by atoms with E-state index in [1.54, 1.807) is 18.2 Å². The summed E-state index contributed by atoms with van der Waals surface area (Å²) < 4.78 is 52.7. The molecule has 2 aromatic carbocycles. The molecule has 0 unspecified atom stereocenters. The fourth-order valence-corrected chi connectivity index (χ4v) is 3.61. The lowest BCUT2D eigenvalue weighted by Gasteiger charge is -2.07. The Kier molecular flexibility index (Phi) is 4.59. The van der Waals surface area contributed by atoms with Crippen LogP contribution < -0.4 is 4.18 Å². The summed E-state index contributed by atoms with van der Waals surface area (Å²) in [6, 6.07) is 11.5. The second kappa shape index (κ2) is 5.93. The highest BCUT2D eigenvalue weighted by atomic mass is 127. The van der Waals surface area contributed by atoms with E-state index in [9.17, 15) is 16.8 Å². The van der Waals surface area contributed by atoms with Gasteiger partial charge >= 0.3 is 10.1 Å². The molecule has 0 radical (unpaired) electrons. The molecule has 2 rings (SSSR count). The van der Waals surface area contributed by atoms with Gasteiger partial charge in [-0.3, -0.25) is 0 Å². The Labute approximate surface area is 137 Å². The summed E-state index contributed by atoms with van der Waals surface area (Å²) >= 11 is 2.04. The molecule has 8 heteroatoms. The summed E-state index contributed by atoms with van der Waals surface area (Å²) in [5.74, 6) is 0.203. The van der Waals surface area contributed by atoms with Crippen molar-refractivity contribution in [1.82, 2.24) is 0 Å². The van der Waals surface area contributed by atoms with Crippen LogP contribution in [0.15, 0.2) is 58.3 Å². The highest BCUT2D eigenvalue weighted by Gasteiger charge is 2.18. The minimum Gasteiger partial charge on any atom is -0.379 e. The van der Waals surface area contributed by atoms with Crippen LogP contribution in [0.2, 0.25) is 0 Å². The van der Waals surface area contributed by atoms with Crippen LogP contribution in [0.3, 0.4) is 0 Å². The molecular formula is C13H11IO5S2. The van der Waals surface area contributed by atoms with Gasteiger partial charge in [0.1, 0.15) is 10.6 Å². The Morgan fingerprint density at radius 3 is 2.00 bits per heavy atom. The largest absolute Gasteiger partial charge is 0.379 e. The summed E-state index contributed by atoms with van der Waals surface area (Å²) in [5, 5.41) is 0. The first-order valence-corrected chi connectivity index (χ1v) is 10.1. The Balaban J connectivity index is 2.32. The average Bonchev–Trinajstić information content (AvgIpc) is 2.37. The standard InChI is InChI=1S/C13H11IO5S2/c1-20(15,16)12-5-7-13(8-6-12)21(17,18)19-11-4-2-3-10(14)9-11/h2-9H,1H3. The maximum atomic E-state index is 12.1. The third-order valence-corrected chi connectivity index (χ3v) is 5.60. The minimum absolute atomic E-state index is 0.0516. The van der Waals surface area contributed by atoms with Gasteiger partial charge in [0.15, 0.2) is 9.84 Å². The number of rotatable bonds is 4. The minimum atomic E-state index is -3.99. The molecule has 0 aromatic heterocycles. The van der Waals surface area contributed by atoms with Gasteiger partial charge < -0.3 is 4.18 Å². The predicted molar refractivity (Wildman–Crippen MR) is 86.5 cm³/mol. The lowest BCUT2D eigenvalue weighted by molar-refractivity contribution is 0.485. The Bertz CT molecular complexity index is 856. The van der Waals surface area contributed by atoms with Crippen LogP contribution in [0.1, 0.15) is 0 Å². The summed E-state index contributed by atoms with van der Waals surface area (Å²) in [5.41, 5.74) is 0. The smallest absolute Gasteiger partial charge is 0.339 e. The maximum Gasteiger partial charge on any atom is 0.339 e. The fraction of sp³-hybridized carbons (Fsp3) is 0.0769. The number of hydrogen-bond donors (Lipinski definition) is 0. The average molecular weight is 438 g/mol. The molecule has 0 heterocycles. The van der Waals surface area contributed by atoms with Gasteiger partial charge in [-0.25, -0.2) is 8.42 Å². The van der Waals surface area contributed by atoms with Gasteiger partial charge in [-0.1, -0.05) is 6.07 Å². The normalized spacial score (nSPS) is 12.1. The van der Waals surface area contributed by atoms with Crippen molar-refractivity contribution in [2.45, 2.75) is 9.79 Å². The third kappa shape index (κ3) is 4.17. The van der Waals surface area contributed by atoms with Crippen molar-refractivity contribution in [2.24, 2.45) is 0 Å². The Morgan fingerprint density at radius 1 is 0.905 bits per heavy atom. The second-order valence-electron chi connectivity index (χ2n) is 4.24. The molecule has 2 aromatic rings. The van der Waals surface area contributed by atoms with Gasteiger partial charge in [0.25, 0.3) is 0 Å². The van der Waals surface area contributed by atoms with Crippen molar-refractivity contribution in [3.05, 3.63) is 52.1 Å². The Hall–Kier alpha value is -1.13. The molecule has 0 atom stereocenters. The van der Waals surface area contributed by atoms with Crippen LogP contribution in [-0.4, -0.2) is 23.1 Å². The van der Waals surface area contributed by atoms with Crippen molar-refractivity contribution in [2.75, 3.05) is 6.26 Å². The molecule has 0 amide bonds. The van der Waals surface area contributed by atoms with Crippen LogP contribution in [0.25, 0.3) is 0 Å². The first-order valence-electron chi connectivity index (χ1n) is 5.69. The van der Waals surface area contributed by atoms with Crippen molar-refractivity contribution in [3.63, 3.8) is 0 Å². The molecule has 0 aliphatic carbocycles. The monoisotopic (exact) mass is 438 g/mol. The lowest BCUT2D eigenvalue weighted by atomic mass is 10.3. The van der Waals surface area contributed by atoms with Gasteiger partial charge in [-0.2, -0.15) is 8.42 Å². The summed E-state index contributed by atoms with van der Waals surface area (Å²) in [6.45, 7) is 0. The third-order valence-electron chi connectivity index (χ3n) is 2.54. The quantitative estimate of drug-likeness (QED) is 0.542.